The Kier molecular flexibility index (Phi) is 7.40. The second kappa shape index (κ2) is 10.7. The summed E-state index contributed by atoms with van der Waals surface area (Å²) in [6.07, 6.45) is 5.30. The number of carbonyl (C=O) groups is 2. The second-order valence-electron chi connectivity index (χ2n) is 10.5. The number of carbonyl (C=O) groups excluding carboxylic acids is 2. The van der Waals surface area contributed by atoms with Crippen LogP contribution in [0.4, 0.5) is 0 Å². The number of fused-ring (bicyclic) bond motifs is 1. The quantitative estimate of drug-likeness (QED) is 0.608. The summed E-state index contributed by atoms with van der Waals surface area (Å²) < 4.78 is 11.3. The zero-order valence-corrected chi connectivity index (χ0v) is 21.1. The molecule has 2 saturated heterocycles. The second-order valence-corrected chi connectivity index (χ2v) is 10.5. The molecule has 3 aliphatic heterocycles. The van der Waals surface area contributed by atoms with Crippen LogP contribution in [-0.4, -0.2) is 77.3 Å². The van der Waals surface area contributed by atoms with Crippen molar-refractivity contribution in [3.8, 4) is 23.3 Å². The number of piperazine rings is 1. The molecule has 8 nitrogen and oxygen atoms in total. The van der Waals surface area contributed by atoms with Crippen LogP contribution in [0.3, 0.4) is 0 Å². The van der Waals surface area contributed by atoms with Crippen LogP contribution in [0, 0.1) is 17.8 Å². The van der Waals surface area contributed by atoms with Crippen LogP contribution >= 0.6 is 0 Å². The first-order chi connectivity index (χ1) is 17.5. The molecule has 2 N–H and O–H groups in total. The van der Waals surface area contributed by atoms with Crippen LogP contribution < -0.4 is 14.8 Å². The Hall–Kier alpha value is -2.76. The van der Waals surface area contributed by atoms with Gasteiger partial charge in [-0.3, -0.25) is 14.5 Å². The van der Waals surface area contributed by atoms with E-state index in [0.717, 1.165) is 55.7 Å². The molecule has 0 aromatic heterocycles. The Balaban J connectivity index is 1.28. The molecule has 8 heteroatoms. The fourth-order valence-electron chi connectivity index (χ4n) is 6.23. The Labute approximate surface area is 213 Å². The van der Waals surface area contributed by atoms with Crippen molar-refractivity contribution >= 4 is 11.8 Å². The molecule has 1 spiro atoms. The van der Waals surface area contributed by atoms with Gasteiger partial charge in [-0.2, -0.15) is 0 Å². The monoisotopic (exact) mass is 495 g/mol. The molecular formula is C28H37N3O5. The number of rotatable bonds is 5. The van der Waals surface area contributed by atoms with Crippen molar-refractivity contribution in [2.75, 3.05) is 32.8 Å². The molecule has 5 rings (SSSR count). The van der Waals surface area contributed by atoms with Gasteiger partial charge in [-0.15, -0.1) is 5.92 Å². The molecular weight excluding hydrogens is 458 g/mol. The predicted molar refractivity (Wildman–Crippen MR) is 134 cm³/mol. The molecule has 4 aliphatic rings. The van der Waals surface area contributed by atoms with Crippen molar-refractivity contribution in [3.05, 3.63) is 23.8 Å². The molecule has 194 valence electrons. The average molecular weight is 496 g/mol. The molecule has 0 bridgehead atoms. The predicted octanol–water partition coefficient (Wildman–Crippen LogP) is 2.08. The van der Waals surface area contributed by atoms with Gasteiger partial charge in [0.2, 0.25) is 11.8 Å². The van der Waals surface area contributed by atoms with Gasteiger partial charge in [-0.1, -0.05) is 31.2 Å². The van der Waals surface area contributed by atoms with E-state index >= 15 is 0 Å². The maximum atomic E-state index is 13.7. The highest BCUT2D eigenvalue weighted by atomic mass is 16.6. The third-order valence-corrected chi connectivity index (χ3v) is 8.34. The van der Waals surface area contributed by atoms with Crippen LogP contribution in [0.1, 0.15) is 57.4 Å². The molecule has 0 radical (unpaired) electrons. The van der Waals surface area contributed by atoms with E-state index in [1.165, 1.54) is 0 Å². The lowest BCUT2D eigenvalue weighted by Crippen LogP contribution is -2.75. The van der Waals surface area contributed by atoms with E-state index in [2.05, 4.69) is 28.1 Å². The number of hydrogen-bond donors (Lipinski definition) is 2. The number of amides is 2. The minimum absolute atomic E-state index is 0.0500. The number of likely N-dealkylation sites (tertiary alicyclic amines) is 1. The average Bonchev–Trinajstić information content (AvgIpc) is 2.92. The number of aliphatic hydroxyl groups excluding tert-OH is 1. The van der Waals surface area contributed by atoms with Crippen LogP contribution in [0.15, 0.2) is 18.2 Å². The van der Waals surface area contributed by atoms with Crippen LogP contribution in [-0.2, 0) is 16.1 Å². The van der Waals surface area contributed by atoms with Gasteiger partial charge in [0, 0.05) is 19.6 Å². The molecule has 2 atom stereocenters. The van der Waals surface area contributed by atoms with Crippen LogP contribution in [0.5, 0.6) is 11.5 Å². The Morgan fingerprint density at radius 2 is 1.83 bits per heavy atom. The summed E-state index contributed by atoms with van der Waals surface area (Å²) in [6.45, 7) is 5.17. The number of benzene rings is 1. The lowest BCUT2D eigenvalue weighted by Gasteiger charge is -2.52. The summed E-state index contributed by atoms with van der Waals surface area (Å²) in [4.78, 5) is 31.3. The summed E-state index contributed by atoms with van der Waals surface area (Å²) in [5.41, 5.74) is 0.205. The van der Waals surface area contributed by atoms with Gasteiger partial charge in [0.05, 0.1) is 12.6 Å². The lowest BCUT2D eigenvalue weighted by atomic mass is 9.78. The zero-order chi connectivity index (χ0) is 25.1. The summed E-state index contributed by atoms with van der Waals surface area (Å²) in [5.74, 6) is 7.14. The summed E-state index contributed by atoms with van der Waals surface area (Å²) in [5, 5.41) is 14.0. The van der Waals surface area contributed by atoms with Gasteiger partial charge in [0.1, 0.15) is 24.8 Å². The van der Waals surface area contributed by atoms with E-state index in [0.29, 0.717) is 39.1 Å². The maximum absolute atomic E-state index is 13.7. The van der Waals surface area contributed by atoms with Crippen LogP contribution in [0.2, 0.25) is 0 Å². The van der Waals surface area contributed by atoms with Crippen molar-refractivity contribution in [2.24, 2.45) is 5.92 Å². The van der Waals surface area contributed by atoms with E-state index in [4.69, 9.17) is 9.47 Å². The van der Waals surface area contributed by atoms with E-state index in [1.807, 2.05) is 12.1 Å². The molecule has 1 aromatic rings. The first kappa shape index (κ1) is 24.9. The first-order valence-electron chi connectivity index (χ1n) is 13.3. The van der Waals surface area contributed by atoms with Crippen molar-refractivity contribution in [3.63, 3.8) is 0 Å². The molecule has 3 heterocycles. The van der Waals surface area contributed by atoms with Crippen molar-refractivity contribution in [1.82, 2.24) is 15.1 Å². The number of piperidine rings is 1. The SMILES string of the molecule is CC#CCN1C(=O)[C@@H]([C@H](O)C2CCCCC2)NC(=O)C12CCN(Cc1ccc3c(c1)OCCO3)CC2. The standard InChI is InChI=1S/C28H37N3O5/c1-2-3-13-31-26(33)24(25(32)21-7-5-4-6-8-21)29-27(34)28(31)11-14-30(15-12-28)19-20-9-10-22-23(18-20)36-17-16-35-22/h9-10,18,21,24-25,32H,4-8,11-17,19H2,1H3,(H,29,34)/t24-,25-/m1/s1. The smallest absolute Gasteiger partial charge is 0.249 e. The molecule has 1 saturated carbocycles. The third-order valence-electron chi connectivity index (χ3n) is 8.34. The van der Waals surface area contributed by atoms with Gasteiger partial charge in [-0.05, 0) is 56.2 Å². The maximum Gasteiger partial charge on any atom is 0.249 e. The highest BCUT2D eigenvalue weighted by Gasteiger charge is 2.55. The van der Waals surface area contributed by atoms with E-state index in [1.54, 1.807) is 11.8 Å². The van der Waals surface area contributed by atoms with Gasteiger partial charge >= 0.3 is 0 Å². The Morgan fingerprint density at radius 3 is 2.56 bits per heavy atom. The number of aliphatic hydroxyl groups is 1. The molecule has 36 heavy (non-hydrogen) atoms. The molecule has 2 amide bonds. The highest BCUT2D eigenvalue weighted by Crippen LogP contribution is 2.37. The Morgan fingerprint density at radius 1 is 1.11 bits per heavy atom. The molecule has 1 aromatic carbocycles. The van der Waals surface area contributed by atoms with Gasteiger partial charge < -0.3 is 24.8 Å². The topological polar surface area (TPSA) is 91.3 Å². The van der Waals surface area contributed by atoms with Gasteiger partial charge in [0.15, 0.2) is 11.5 Å². The molecule has 0 unspecified atom stereocenters. The number of nitrogens with one attached hydrogen (secondary N) is 1. The lowest BCUT2D eigenvalue weighted by molar-refractivity contribution is -0.164. The summed E-state index contributed by atoms with van der Waals surface area (Å²) >= 11 is 0. The van der Waals surface area contributed by atoms with Crippen molar-refractivity contribution in [2.45, 2.75) is 76.1 Å². The minimum Gasteiger partial charge on any atom is -0.486 e. The Bertz CT molecular complexity index is 1030. The van der Waals surface area contributed by atoms with E-state index in [9.17, 15) is 14.7 Å². The third kappa shape index (κ3) is 4.79. The van der Waals surface area contributed by atoms with Crippen LogP contribution in [0.25, 0.3) is 0 Å². The molecule has 1 aliphatic carbocycles. The fourth-order valence-corrected chi connectivity index (χ4v) is 6.23. The minimum atomic E-state index is -0.924. The summed E-state index contributed by atoms with van der Waals surface area (Å²) in [7, 11) is 0. The fraction of sp³-hybridized carbons (Fsp3) is 0.643. The molecule has 3 fully saturated rings. The first-order valence-corrected chi connectivity index (χ1v) is 13.3. The summed E-state index contributed by atoms with van der Waals surface area (Å²) in [6, 6.07) is 5.14. The van der Waals surface area contributed by atoms with Crippen molar-refractivity contribution in [1.29, 1.82) is 0 Å². The largest absolute Gasteiger partial charge is 0.486 e. The van der Waals surface area contributed by atoms with Gasteiger partial charge in [-0.25, -0.2) is 0 Å². The zero-order valence-electron chi connectivity index (χ0n) is 21.1. The van der Waals surface area contributed by atoms with E-state index < -0.39 is 17.7 Å². The number of hydrogen-bond acceptors (Lipinski definition) is 6. The number of nitrogens with zero attached hydrogens (tertiary/aromatic N) is 2. The highest BCUT2D eigenvalue weighted by molar-refractivity contribution is 6.00. The van der Waals surface area contributed by atoms with Gasteiger partial charge in [0.25, 0.3) is 0 Å². The van der Waals surface area contributed by atoms with E-state index in [-0.39, 0.29) is 24.3 Å². The van der Waals surface area contributed by atoms with Crippen molar-refractivity contribution < 1.29 is 24.2 Å². The number of ether oxygens (including phenoxy) is 2. The normalized spacial score (nSPS) is 25.2.